The van der Waals surface area contributed by atoms with E-state index in [2.05, 4.69) is 33.3 Å². The van der Waals surface area contributed by atoms with Crippen molar-refractivity contribution >= 4 is 40.4 Å². The Bertz CT molecular complexity index is 1390. The summed E-state index contributed by atoms with van der Waals surface area (Å²) in [6, 6.07) is 1.59. The van der Waals surface area contributed by atoms with Crippen LogP contribution in [0.4, 0.5) is 5.95 Å². The van der Waals surface area contributed by atoms with Gasteiger partial charge in [-0.15, -0.1) is 5.10 Å². The third kappa shape index (κ3) is 5.80. The number of nitrogen functional groups attached to an aromatic ring is 1. The Morgan fingerprint density at radius 2 is 1.83 bits per heavy atom. The first kappa shape index (κ1) is 27.4. The van der Waals surface area contributed by atoms with Gasteiger partial charge in [0.1, 0.15) is 29.9 Å². The van der Waals surface area contributed by atoms with Crippen LogP contribution >= 0.6 is 23.5 Å². The van der Waals surface area contributed by atoms with Crippen molar-refractivity contribution in [2.24, 2.45) is 0 Å². The Morgan fingerprint density at radius 1 is 1.17 bits per heavy atom. The number of nitrogens with zero attached hydrogens (tertiary/aromatic N) is 4. The van der Waals surface area contributed by atoms with Gasteiger partial charge in [0.15, 0.2) is 5.52 Å². The molecule has 1 aliphatic rings. The van der Waals surface area contributed by atoms with Crippen LogP contribution in [0.5, 0.6) is 0 Å². The molecule has 0 bridgehead atoms. The Kier molecular flexibility index (Phi) is 7.32. The predicted molar refractivity (Wildman–Crippen MR) is 106 cm³/mol. The Hall–Kier alpha value is -2.20. The highest BCUT2D eigenvalue weighted by atomic mass is 31.3. The summed E-state index contributed by atoms with van der Waals surface area (Å²) in [5.74, 6) is -0.401. The summed E-state index contributed by atoms with van der Waals surface area (Å²) in [6.07, 6.45) is -5.02. The van der Waals surface area contributed by atoms with Gasteiger partial charge in [-0.25, -0.2) is 18.7 Å². The van der Waals surface area contributed by atoms with Crippen LogP contribution in [-0.4, -0.2) is 74.9 Å². The van der Waals surface area contributed by atoms with E-state index in [0.29, 0.717) is 0 Å². The van der Waals surface area contributed by atoms with E-state index in [9.17, 15) is 43.8 Å². The number of ether oxygens (including phenoxy) is 1. The summed E-state index contributed by atoms with van der Waals surface area (Å²) in [5, 5.41) is 37.8. The minimum Gasteiger partial charge on any atom is -0.387 e. The van der Waals surface area contributed by atoms with Crippen LogP contribution in [0.1, 0.15) is 5.56 Å². The molecule has 0 amide bonds. The number of phosphoric acid groups is 3. The maximum absolute atomic E-state index is 12.1. The topological polar surface area (TPSA) is 331 Å². The molecule has 1 saturated heterocycles. The maximum Gasteiger partial charge on any atom is 0.490 e. The van der Waals surface area contributed by atoms with Crippen molar-refractivity contribution < 1.29 is 61.4 Å². The zero-order valence-corrected chi connectivity index (χ0v) is 19.4. The maximum atomic E-state index is 12.1. The SMILES string of the molecule is N#C[C@@]1(c2cnnc3c(=O)[nH]c(N)nc23)O[C@H](COP(=O)(O)OP(=O)(O)OP(=O)(O)O)[C@@H](O)[C@H]1O. The van der Waals surface area contributed by atoms with Crippen molar-refractivity contribution in [2.45, 2.75) is 23.9 Å². The molecule has 1 fully saturated rings. The fraction of sp³-hybridized carbons (Fsp3) is 0.417. The number of aliphatic hydroxyl groups is 2. The van der Waals surface area contributed by atoms with Crippen LogP contribution in [0.25, 0.3) is 11.0 Å². The van der Waals surface area contributed by atoms with Crippen LogP contribution in [0.2, 0.25) is 0 Å². The molecule has 20 nitrogen and oxygen atoms in total. The summed E-state index contributed by atoms with van der Waals surface area (Å²) >= 11 is 0. The van der Waals surface area contributed by atoms with Gasteiger partial charge in [0.2, 0.25) is 11.5 Å². The number of nitrogens with two attached hydrogens (primary N) is 1. The Morgan fingerprint density at radius 3 is 2.43 bits per heavy atom. The molecule has 0 radical (unpaired) electrons. The molecule has 2 aromatic rings. The minimum absolute atomic E-state index is 0.331. The van der Waals surface area contributed by atoms with Crippen molar-refractivity contribution in [1.29, 1.82) is 5.26 Å². The lowest BCUT2D eigenvalue weighted by molar-refractivity contribution is -0.0598. The molecule has 6 atom stereocenters. The molecule has 0 aliphatic carbocycles. The average Bonchev–Trinajstić information content (AvgIpc) is 2.94. The number of hydrogen-bond acceptors (Lipinski definition) is 15. The fourth-order valence-electron chi connectivity index (χ4n) is 3.04. The second-order valence-electron chi connectivity index (χ2n) is 6.73. The summed E-state index contributed by atoms with van der Waals surface area (Å²) in [7, 11) is -17.0. The predicted octanol–water partition coefficient (Wildman–Crippen LogP) is -2.52. The van der Waals surface area contributed by atoms with Crippen molar-refractivity contribution in [1.82, 2.24) is 20.2 Å². The van der Waals surface area contributed by atoms with Gasteiger partial charge >= 0.3 is 23.5 Å². The zero-order valence-electron chi connectivity index (χ0n) is 16.7. The molecule has 35 heavy (non-hydrogen) atoms. The number of aliphatic hydroxyl groups excluding tert-OH is 2. The quantitative estimate of drug-likeness (QED) is 0.154. The number of fused-ring (bicyclic) bond motifs is 1. The molecule has 23 heteroatoms. The summed E-state index contributed by atoms with van der Waals surface area (Å²) in [6.45, 7) is -1.18. The standard InChI is InChI=1S/C12H15N6O14P3/c13-3-12(4-1-15-18-7-6(4)16-11(14)17-10(7)21)9(20)8(19)5(30-12)2-29-34(25,26)32-35(27,28)31-33(22,23)24/h1,5,8-9,19-20H,2H2,(H,25,26)(H,27,28)(H2,22,23,24)(H3,14,16,17,21)/t5-,8-,9-,12+/m1/s1. The van der Waals surface area contributed by atoms with Gasteiger partial charge in [-0.1, -0.05) is 0 Å². The molecule has 3 heterocycles. The molecular weight excluding hydrogens is 545 g/mol. The lowest BCUT2D eigenvalue weighted by Gasteiger charge is -2.25. The summed E-state index contributed by atoms with van der Waals surface area (Å²) in [4.78, 5) is 53.8. The Labute approximate surface area is 192 Å². The van der Waals surface area contributed by atoms with Gasteiger partial charge in [0, 0.05) is 5.56 Å². The molecule has 0 saturated carbocycles. The van der Waals surface area contributed by atoms with Crippen molar-refractivity contribution in [2.75, 3.05) is 12.3 Å². The van der Waals surface area contributed by atoms with E-state index >= 15 is 0 Å². The van der Waals surface area contributed by atoms with Gasteiger partial charge in [0.25, 0.3) is 5.56 Å². The zero-order chi connectivity index (χ0) is 26.4. The van der Waals surface area contributed by atoms with Gasteiger partial charge in [0.05, 0.1) is 12.8 Å². The van der Waals surface area contributed by atoms with Crippen LogP contribution in [0, 0.1) is 11.3 Å². The van der Waals surface area contributed by atoms with Gasteiger partial charge < -0.3 is 40.3 Å². The van der Waals surface area contributed by atoms with Crippen molar-refractivity contribution in [3.63, 3.8) is 0 Å². The smallest absolute Gasteiger partial charge is 0.387 e. The Balaban J connectivity index is 1.88. The molecular formula is C12H15N6O14P3. The van der Waals surface area contributed by atoms with Gasteiger partial charge in [-0.3, -0.25) is 14.3 Å². The first-order valence-electron chi connectivity index (χ1n) is 8.75. The second-order valence-corrected chi connectivity index (χ2v) is 11.2. The highest BCUT2D eigenvalue weighted by Gasteiger charge is 2.57. The van der Waals surface area contributed by atoms with E-state index < -0.39 is 71.0 Å². The largest absolute Gasteiger partial charge is 0.490 e. The van der Waals surface area contributed by atoms with Crippen LogP contribution < -0.4 is 11.3 Å². The number of phosphoric ester groups is 1. The number of aromatic nitrogens is 4. The van der Waals surface area contributed by atoms with Crippen LogP contribution in [0.3, 0.4) is 0 Å². The van der Waals surface area contributed by atoms with E-state index in [0.717, 1.165) is 6.20 Å². The number of H-pyrrole nitrogens is 1. The fourth-order valence-corrected chi connectivity index (χ4v) is 6.07. The van der Waals surface area contributed by atoms with Crippen LogP contribution in [0.15, 0.2) is 11.0 Å². The molecule has 9 N–H and O–H groups in total. The highest BCUT2D eigenvalue weighted by molar-refractivity contribution is 7.66. The van der Waals surface area contributed by atoms with E-state index in [1.165, 1.54) is 0 Å². The first-order valence-corrected chi connectivity index (χ1v) is 13.3. The molecule has 3 rings (SSSR count). The summed E-state index contributed by atoms with van der Waals surface area (Å²) in [5.41, 5.74) is 1.05. The minimum atomic E-state index is -5.81. The van der Waals surface area contributed by atoms with E-state index in [-0.39, 0.29) is 11.1 Å². The van der Waals surface area contributed by atoms with Gasteiger partial charge in [-0.05, 0) is 0 Å². The number of aromatic amines is 1. The lowest BCUT2D eigenvalue weighted by atomic mass is 9.88. The van der Waals surface area contributed by atoms with E-state index in [4.69, 9.17) is 20.3 Å². The molecule has 1 aliphatic heterocycles. The second kappa shape index (κ2) is 9.35. The molecule has 192 valence electrons. The van der Waals surface area contributed by atoms with Gasteiger partial charge in [-0.2, -0.15) is 19.0 Å². The monoisotopic (exact) mass is 560 g/mol. The van der Waals surface area contributed by atoms with Crippen molar-refractivity contribution in [3.05, 3.63) is 22.1 Å². The number of anilines is 1. The number of nitriles is 1. The van der Waals surface area contributed by atoms with Crippen molar-refractivity contribution in [3.8, 4) is 6.07 Å². The molecule has 2 unspecified atom stereocenters. The third-order valence-corrected chi connectivity index (χ3v) is 8.16. The molecule has 0 spiro atoms. The normalized spacial score (nSPS) is 28.3. The van der Waals surface area contributed by atoms with E-state index in [1.807, 2.05) is 0 Å². The highest BCUT2D eigenvalue weighted by Crippen LogP contribution is 2.66. The average molecular weight is 560 g/mol. The lowest BCUT2D eigenvalue weighted by Crippen LogP contribution is -2.40. The third-order valence-electron chi connectivity index (χ3n) is 4.36. The first-order chi connectivity index (χ1) is 16.0. The molecule has 0 aromatic carbocycles. The molecule has 2 aromatic heterocycles. The number of hydrogen-bond donors (Lipinski definition) is 8. The number of nitrogens with one attached hydrogen (secondary N) is 1. The summed E-state index contributed by atoms with van der Waals surface area (Å²) < 4.78 is 50.8. The number of rotatable bonds is 8. The van der Waals surface area contributed by atoms with E-state index in [1.54, 1.807) is 6.07 Å². The van der Waals surface area contributed by atoms with Crippen LogP contribution in [-0.2, 0) is 37.2 Å².